The van der Waals surface area contributed by atoms with Gasteiger partial charge in [0.25, 0.3) is 11.8 Å². The third-order valence-corrected chi connectivity index (χ3v) is 4.53. The second-order valence-electron chi connectivity index (χ2n) is 6.88. The molecule has 4 amide bonds. The lowest BCUT2D eigenvalue weighted by atomic mass is 9.93. The molecule has 9 nitrogen and oxygen atoms in total. The number of nitrogens with one attached hydrogen (secondary N) is 2. The van der Waals surface area contributed by atoms with Crippen LogP contribution in [0.2, 0.25) is 0 Å². The number of benzene rings is 1. The van der Waals surface area contributed by atoms with Crippen molar-refractivity contribution in [3.05, 3.63) is 66.1 Å². The summed E-state index contributed by atoms with van der Waals surface area (Å²) in [7, 11) is 0. The molecule has 1 aromatic carbocycles. The van der Waals surface area contributed by atoms with Gasteiger partial charge >= 0.3 is 12.0 Å². The zero-order valence-electron chi connectivity index (χ0n) is 16.3. The van der Waals surface area contributed by atoms with Crippen molar-refractivity contribution in [3.63, 3.8) is 0 Å². The fourth-order valence-electron chi connectivity index (χ4n) is 2.87. The third kappa shape index (κ3) is 5.13. The molecule has 0 bridgehead atoms. The number of furan rings is 1. The van der Waals surface area contributed by atoms with E-state index in [1.165, 1.54) is 12.3 Å². The van der Waals surface area contributed by atoms with E-state index in [1.807, 2.05) is 30.3 Å². The van der Waals surface area contributed by atoms with Crippen molar-refractivity contribution in [2.45, 2.75) is 25.3 Å². The van der Waals surface area contributed by atoms with E-state index >= 15 is 0 Å². The van der Waals surface area contributed by atoms with Crippen LogP contribution in [0, 0.1) is 0 Å². The van der Waals surface area contributed by atoms with E-state index in [0.717, 1.165) is 11.6 Å². The first-order valence-electron chi connectivity index (χ1n) is 9.26. The second kappa shape index (κ2) is 9.08. The molecule has 0 unspecified atom stereocenters. The maximum Gasteiger partial charge on any atom is 0.344 e. The van der Waals surface area contributed by atoms with Crippen molar-refractivity contribution >= 4 is 29.9 Å². The topological polar surface area (TPSA) is 118 Å². The minimum absolute atomic E-state index is 0.362. The number of ether oxygens (including phenoxy) is 1. The van der Waals surface area contributed by atoms with E-state index in [1.54, 1.807) is 19.1 Å². The minimum atomic E-state index is -1.15. The van der Waals surface area contributed by atoms with Crippen LogP contribution in [0.15, 0.2) is 59.2 Å². The lowest BCUT2D eigenvalue weighted by Gasteiger charge is -2.21. The summed E-state index contributed by atoms with van der Waals surface area (Å²) in [4.78, 5) is 48.5. The van der Waals surface area contributed by atoms with Gasteiger partial charge in [0.15, 0.2) is 6.61 Å². The Morgan fingerprint density at radius 2 is 1.97 bits per heavy atom. The molecule has 9 heteroatoms. The fourth-order valence-corrected chi connectivity index (χ4v) is 2.87. The second-order valence-corrected chi connectivity index (χ2v) is 6.88. The predicted molar refractivity (Wildman–Crippen MR) is 105 cm³/mol. The average molecular weight is 411 g/mol. The van der Waals surface area contributed by atoms with Crippen LogP contribution < -0.4 is 10.7 Å². The normalized spacial score (nSPS) is 18.5. The monoisotopic (exact) mass is 411 g/mol. The zero-order valence-corrected chi connectivity index (χ0v) is 16.3. The van der Waals surface area contributed by atoms with E-state index in [2.05, 4.69) is 10.7 Å². The number of carbonyl (C=O) groups is 4. The summed E-state index contributed by atoms with van der Waals surface area (Å²) in [6, 6.07) is 12.1. The van der Waals surface area contributed by atoms with Gasteiger partial charge in [0.05, 0.1) is 6.26 Å². The molecule has 2 aromatic rings. The molecule has 1 aliphatic heterocycles. The molecule has 0 saturated carbocycles. The largest absolute Gasteiger partial charge is 0.465 e. The number of hydrogen-bond donors (Lipinski definition) is 2. The van der Waals surface area contributed by atoms with Crippen LogP contribution in [0.5, 0.6) is 0 Å². The molecule has 0 radical (unpaired) electrons. The molecule has 2 N–H and O–H groups in total. The Morgan fingerprint density at radius 1 is 1.20 bits per heavy atom. The van der Waals surface area contributed by atoms with Gasteiger partial charge in [-0.1, -0.05) is 30.3 Å². The van der Waals surface area contributed by atoms with Gasteiger partial charge in [0.1, 0.15) is 11.3 Å². The Balaban J connectivity index is 1.49. The van der Waals surface area contributed by atoms with Gasteiger partial charge in [-0.25, -0.2) is 9.59 Å². The van der Waals surface area contributed by atoms with Crippen LogP contribution in [-0.4, -0.2) is 41.0 Å². The molecule has 30 heavy (non-hydrogen) atoms. The van der Waals surface area contributed by atoms with Crippen molar-refractivity contribution in [1.29, 1.82) is 0 Å². The summed E-state index contributed by atoms with van der Waals surface area (Å²) in [5, 5.41) is 3.21. The Hall–Kier alpha value is -3.88. The minimum Gasteiger partial charge on any atom is -0.465 e. The van der Waals surface area contributed by atoms with Gasteiger partial charge in [-0.2, -0.15) is 5.01 Å². The standard InChI is InChI=1S/C21H21N3O6/c1-21(12-11-15-6-3-2-4-7-15)19(27)24(20(28)22-21)23-17(25)14-30-18(26)10-9-16-8-5-13-29-16/h2-10,13H,11-12,14H2,1H3,(H,22,28)(H,23,25)/b10-9+/t21-/m0/s1. The average Bonchev–Trinajstić information content (AvgIpc) is 3.33. The van der Waals surface area contributed by atoms with Gasteiger partial charge < -0.3 is 14.5 Å². The first kappa shape index (κ1) is 20.8. The van der Waals surface area contributed by atoms with Crippen LogP contribution >= 0.6 is 0 Å². The number of esters is 1. The smallest absolute Gasteiger partial charge is 0.344 e. The summed E-state index contributed by atoms with van der Waals surface area (Å²) in [5.74, 6) is -1.72. The Morgan fingerprint density at radius 3 is 2.67 bits per heavy atom. The number of rotatable bonds is 8. The third-order valence-electron chi connectivity index (χ3n) is 4.53. The predicted octanol–water partition coefficient (Wildman–Crippen LogP) is 1.81. The van der Waals surface area contributed by atoms with Gasteiger partial charge in [0.2, 0.25) is 0 Å². The van der Waals surface area contributed by atoms with E-state index in [9.17, 15) is 19.2 Å². The highest BCUT2D eigenvalue weighted by molar-refractivity contribution is 6.07. The number of imide groups is 1. The first-order valence-corrected chi connectivity index (χ1v) is 9.26. The molecule has 156 valence electrons. The summed E-state index contributed by atoms with van der Waals surface area (Å²) in [6.45, 7) is 0.945. The van der Waals surface area contributed by atoms with Crippen molar-refractivity contribution in [1.82, 2.24) is 15.8 Å². The highest BCUT2D eigenvalue weighted by Crippen LogP contribution is 2.22. The van der Waals surface area contributed by atoms with E-state index < -0.39 is 36.0 Å². The van der Waals surface area contributed by atoms with Crippen molar-refractivity contribution in [3.8, 4) is 0 Å². The van der Waals surface area contributed by atoms with E-state index in [4.69, 9.17) is 9.15 Å². The van der Waals surface area contributed by atoms with Crippen molar-refractivity contribution in [2.75, 3.05) is 6.61 Å². The molecular weight excluding hydrogens is 390 g/mol. The molecule has 0 aliphatic carbocycles. The maximum atomic E-state index is 12.7. The van der Waals surface area contributed by atoms with Gasteiger partial charge in [0, 0.05) is 6.08 Å². The van der Waals surface area contributed by atoms with Crippen LogP contribution in [0.4, 0.5) is 4.79 Å². The molecule has 1 aromatic heterocycles. The number of carbonyl (C=O) groups excluding carboxylic acids is 4. The highest BCUT2D eigenvalue weighted by atomic mass is 16.5. The highest BCUT2D eigenvalue weighted by Gasteiger charge is 2.48. The zero-order chi connectivity index (χ0) is 21.6. The Bertz CT molecular complexity index is 954. The van der Waals surface area contributed by atoms with Crippen molar-refractivity contribution < 1.29 is 28.3 Å². The summed E-state index contributed by atoms with van der Waals surface area (Å²) in [5.41, 5.74) is 2.05. The van der Waals surface area contributed by atoms with Crippen LogP contribution in [0.25, 0.3) is 6.08 Å². The number of amides is 4. The van der Waals surface area contributed by atoms with Gasteiger partial charge in [-0.3, -0.25) is 15.0 Å². The van der Waals surface area contributed by atoms with Gasteiger partial charge in [-0.15, -0.1) is 0 Å². The SMILES string of the molecule is C[C@@]1(CCc2ccccc2)NC(=O)N(NC(=O)COC(=O)/C=C/c2ccco2)C1=O. The summed E-state index contributed by atoms with van der Waals surface area (Å²) >= 11 is 0. The molecular formula is C21H21N3O6. The van der Waals surface area contributed by atoms with Crippen LogP contribution in [-0.2, 0) is 25.5 Å². The van der Waals surface area contributed by atoms with Crippen molar-refractivity contribution in [2.24, 2.45) is 0 Å². The Labute approximate surface area is 172 Å². The van der Waals surface area contributed by atoms with E-state index in [0.29, 0.717) is 23.6 Å². The van der Waals surface area contributed by atoms with Crippen LogP contribution in [0.1, 0.15) is 24.7 Å². The number of aryl methyl sites for hydroxylation is 1. The van der Waals surface area contributed by atoms with Crippen LogP contribution in [0.3, 0.4) is 0 Å². The quantitative estimate of drug-likeness (QED) is 0.389. The summed E-state index contributed by atoms with van der Waals surface area (Å²) < 4.78 is 9.82. The maximum absolute atomic E-state index is 12.7. The van der Waals surface area contributed by atoms with Gasteiger partial charge in [-0.05, 0) is 43.5 Å². The van der Waals surface area contributed by atoms with E-state index in [-0.39, 0.29) is 0 Å². The number of urea groups is 1. The summed E-state index contributed by atoms with van der Waals surface area (Å²) in [6.07, 6.45) is 4.87. The Kier molecular flexibility index (Phi) is 6.31. The number of hydrazine groups is 1. The molecule has 1 aliphatic rings. The molecule has 1 atom stereocenters. The lowest BCUT2D eigenvalue weighted by molar-refractivity contribution is -0.147. The molecule has 1 saturated heterocycles. The first-order chi connectivity index (χ1) is 14.4. The molecule has 0 spiro atoms. The number of hydrogen-bond acceptors (Lipinski definition) is 6. The fraction of sp³-hybridized carbons (Fsp3) is 0.238. The molecule has 3 rings (SSSR count). The molecule has 2 heterocycles. The molecule has 1 fully saturated rings. The lowest BCUT2D eigenvalue weighted by Crippen LogP contribution is -2.49. The number of nitrogens with zero attached hydrogens (tertiary/aromatic N) is 1.